The minimum absolute atomic E-state index is 0.176. The summed E-state index contributed by atoms with van der Waals surface area (Å²) in [4.78, 5) is 0. The van der Waals surface area contributed by atoms with Gasteiger partial charge in [-0.15, -0.1) is 0 Å². The SMILES string of the molecule is Cc1cc(C(N)CC2C3CC4CC(C3)CC2C4)c(C)o1. The van der Waals surface area contributed by atoms with Crippen LogP contribution in [-0.2, 0) is 0 Å². The molecule has 4 fully saturated rings. The number of furan rings is 1. The minimum atomic E-state index is 0.176. The van der Waals surface area contributed by atoms with Gasteiger partial charge in [-0.3, -0.25) is 0 Å². The van der Waals surface area contributed by atoms with Crippen molar-refractivity contribution in [2.45, 2.75) is 58.4 Å². The predicted octanol–water partition coefficient (Wildman–Crippen LogP) is 4.36. The molecule has 4 bridgehead atoms. The van der Waals surface area contributed by atoms with Crippen molar-refractivity contribution < 1.29 is 4.42 Å². The van der Waals surface area contributed by atoms with Crippen LogP contribution in [0.4, 0.5) is 0 Å². The maximum absolute atomic E-state index is 6.53. The van der Waals surface area contributed by atoms with E-state index in [4.69, 9.17) is 10.2 Å². The zero-order chi connectivity index (χ0) is 13.9. The molecule has 0 spiro atoms. The van der Waals surface area contributed by atoms with Crippen molar-refractivity contribution in [1.29, 1.82) is 0 Å². The summed E-state index contributed by atoms with van der Waals surface area (Å²) >= 11 is 0. The second-order valence-electron chi connectivity index (χ2n) is 7.81. The Bertz CT molecular complexity index is 476. The summed E-state index contributed by atoms with van der Waals surface area (Å²) in [5.74, 6) is 6.98. The van der Waals surface area contributed by atoms with E-state index in [1.54, 1.807) is 0 Å². The molecule has 1 aromatic heterocycles. The van der Waals surface area contributed by atoms with Gasteiger partial charge in [0.1, 0.15) is 11.5 Å². The molecule has 2 N–H and O–H groups in total. The maximum atomic E-state index is 6.53. The van der Waals surface area contributed by atoms with E-state index in [9.17, 15) is 0 Å². The van der Waals surface area contributed by atoms with Gasteiger partial charge < -0.3 is 10.2 Å². The molecule has 0 aliphatic heterocycles. The van der Waals surface area contributed by atoms with Gasteiger partial charge in [0.2, 0.25) is 0 Å². The second kappa shape index (κ2) is 4.62. The predicted molar refractivity (Wildman–Crippen MR) is 80.3 cm³/mol. The first-order chi connectivity index (χ1) is 9.60. The van der Waals surface area contributed by atoms with Gasteiger partial charge in [0.25, 0.3) is 0 Å². The average molecular weight is 273 g/mol. The molecule has 1 atom stereocenters. The molecule has 5 rings (SSSR count). The van der Waals surface area contributed by atoms with Gasteiger partial charge in [0.15, 0.2) is 0 Å². The Balaban J connectivity index is 1.50. The van der Waals surface area contributed by atoms with Gasteiger partial charge in [-0.25, -0.2) is 0 Å². The second-order valence-corrected chi connectivity index (χ2v) is 7.81. The zero-order valence-corrected chi connectivity index (χ0v) is 12.8. The van der Waals surface area contributed by atoms with Gasteiger partial charge in [-0.05, 0) is 88.0 Å². The number of hydrogen-bond donors (Lipinski definition) is 1. The molecule has 0 saturated heterocycles. The molecule has 2 heteroatoms. The van der Waals surface area contributed by atoms with Crippen LogP contribution in [0.25, 0.3) is 0 Å². The van der Waals surface area contributed by atoms with E-state index < -0.39 is 0 Å². The van der Waals surface area contributed by atoms with Crippen LogP contribution in [0.2, 0.25) is 0 Å². The summed E-state index contributed by atoms with van der Waals surface area (Å²) < 4.78 is 5.66. The van der Waals surface area contributed by atoms with Crippen LogP contribution < -0.4 is 5.73 Å². The van der Waals surface area contributed by atoms with E-state index in [1.807, 2.05) is 6.92 Å². The lowest BCUT2D eigenvalue weighted by atomic mass is 9.51. The van der Waals surface area contributed by atoms with E-state index in [1.165, 1.54) is 44.1 Å². The van der Waals surface area contributed by atoms with Crippen molar-refractivity contribution in [2.24, 2.45) is 35.3 Å². The van der Waals surface area contributed by atoms with Crippen LogP contribution in [0.5, 0.6) is 0 Å². The van der Waals surface area contributed by atoms with E-state index >= 15 is 0 Å². The summed E-state index contributed by atoms with van der Waals surface area (Å²) in [6.07, 6.45) is 8.68. The molecule has 0 amide bonds. The number of hydrogen-bond acceptors (Lipinski definition) is 2. The van der Waals surface area contributed by atoms with Crippen LogP contribution in [0.15, 0.2) is 10.5 Å². The molecule has 0 aromatic carbocycles. The summed E-state index contributed by atoms with van der Waals surface area (Å²) in [5.41, 5.74) is 7.78. The van der Waals surface area contributed by atoms with Crippen molar-refractivity contribution in [3.8, 4) is 0 Å². The molecule has 20 heavy (non-hydrogen) atoms. The lowest BCUT2D eigenvalue weighted by molar-refractivity contribution is -0.0421. The summed E-state index contributed by atoms with van der Waals surface area (Å²) in [6, 6.07) is 2.32. The fourth-order valence-corrected chi connectivity index (χ4v) is 5.86. The fraction of sp³-hybridized carbons (Fsp3) is 0.778. The molecular formula is C18H27NO. The molecule has 4 saturated carbocycles. The summed E-state index contributed by atoms with van der Waals surface area (Å²) in [7, 11) is 0. The lowest BCUT2D eigenvalue weighted by Gasteiger charge is -2.55. The summed E-state index contributed by atoms with van der Waals surface area (Å²) in [5, 5.41) is 0. The minimum Gasteiger partial charge on any atom is -0.466 e. The Kier molecular flexibility index (Phi) is 2.99. The molecular weight excluding hydrogens is 246 g/mol. The largest absolute Gasteiger partial charge is 0.466 e. The molecule has 1 aromatic rings. The molecule has 2 nitrogen and oxygen atoms in total. The Hall–Kier alpha value is -0.760. The normalized spacial score (nSPS) is 40.2. The highest BCUT2D eigenvalue weighted by Gasteiger charge is 2.48. The van der Waals surface area contributed by atoms with Crippen molar-refractivity contribution >= 4 is 0 Å². The third-order valence-corrected chi connectivity index (χ3v) is 6.43. The highest BCUT2D eigenvalue weighted by Crippen LogP contribution is 2.58. The average Bonchev–Trinajstić information content (AvgIpc) is 2.72. The molecule has 4 aliphatic carbocycles. The first-order valence-electron chi connectivity index (χ1n) is 8.42. The van der Waals surface area contributed by atoms with E-state index in [0.717, 1.165) is 41.1 Å². The van der Waals surface area contributed by atoms with Crippen LogP contribution in [0, 0.1) is 43.4 Å². The van der Waals surface area contributed by atoms with E-state index in [0.29, 0.717) is 0 Å². The Morgan fingerprint density at radius 1 is 1.10 bits per heavy atom. The highest BCUT2D eigenvalue weighted by molar-refractivity contribution is 5.24. The Labute approximate surface area is 122 Å². The van der Waals surface area contributed by atoms with Crippen LogP contribution >= 0.6 is 0 Å². The van der Waals surface area contributed by atoms with Gasteiger partial charge in [0, 0.05) is 11.6 Å². The molecule has 1 heterocycles. The quantitative estimate of drug-likeness (QED) is 0.888. The fourth-order valence-electron chi connectivity index (χ4n) is 5.86. The van der Waals surface area contributed by atoms with Gasteiger partial charge in [0.05, 0.1) is 0 Å². The molecule has 110 valence electrons. The van der Waals surface area contributed by atoms with Crippen molar-refractivity contribution in [3.05, 3.63) is 23.2 Å². The topological polar surface area (TPSA) is 39.2 Å². The van der Waals surface area contributed by atoms with Gasteiger partial charge in [-0.1, -0.05) is 0 Å². The monoisotopic (exact) mass is 273 g/mol. The highest BCUT2D eigenvalue weighted by atomic mass is 16.3. The Morgan fingerprint density at radius 2 is 1.70 bits per heavy atom. The van der Waals surface area contributed by atoms with Crippen molar-refractivity contribution in [1.82, 2.24) is 0 Å². The smallest absolute Gasteiger partial charge is 0.105 e. The number of aryl methyl sites for hydroxylation is 2. The maximum Gasteiger partial charge on any atom is 0.105 e. The van der Waals surface area contributed by atoms with Crippen molar-refractivity contribution in [2.75, 3.05) is 0 Å². The number of nitrogens with two attached hydrogens (primary N) is 1. The van der Waals surface area contributed by atoms with Crippen LogP contribution in [-0.4, -0.2) is 0 Å². The number of rotatable bonds is 3. The Morgan fingerprint density at radius 3 is 2.20 bits per heavy atom. The third kappa shape index (κ3) is 2.04. The van der Waals surface area contributed by atoms with Crippen molar-refractivity contribution in [3.63, 3.8) is 0 Å². The molecule has 0 radical (unpaired) electrons. The lowest BCUT2D eigenvalue weighted by Crippen LogP contribution is -2.45. The van der Waals surface area contributed by atoms with E-state index in [2.05, 4.69) is 13.0 Å². The zero-order valence-electron chi connectivity index (χ0n) is 12.8. The van der Waals surface area contributed by atoms with Gasteiger partial charge in [-0.2, -0.15) is 0 Å². The van der Waals surface area contributed by atoms with Gasteiger partial charge >= 0.3 is 0 Å². The third-order valence-electron chi connectivity index (χ3n) is 6.43. The van der Waals surface area contributed by atoms with Crippen LogP contribution in [0.1, 0.15) is 61.7 Å². The van der Waals surface area contributed by atoms with E-state index in [-0.39, 0.29) is 6.04 Å². The first kappa shape index (κ1) is 12.9. The molecule has 4 aliphatic rings. The van der Waals surface area contributed by atoms with Crippen LogP contribution in [0.3, 0.4) is 0 Å². The molecule has 1 unspecified atom stereocenters. The first-order valence-corrected chi connectivity index (χ1v) is 8.42. The summed E-state index contributed by atoms with van der Waals surface area (Å²) in [6.45, 7) is 4.07. The standard InChI is InChI=1S/C18H27NO/c1-10-3-16(11(2)20-10)18(19)9-17-14-5-12-4-13(7-14)8-15(17)6-12/h3,12-15,17-18H,4-9,19H2,1-2H3.